The molecule has 1 atom stereocenters. The Bertz CT molecular complexity index is 564. The SMILES string of the molecule is O=C(Cc1ccncc1)NC1CCn2cncc2C1. The molecule has 0 spiro atoms. The van der Waals surface area contributed by atoms with Gasteiger partial charge in [0.05, 0.1) is 12.7 Å². The molecule has 0 saturated carbocycles. The second-order valence-electron chi connectivity index (χ2n) is 4.87. The zero-order chi connectivity index (χ0) is 13.1. The van der Waals surface area contributed by atoms with E-state index in [1.165, 1.54) is 5.69 Å². The highest BCUT2D eigenvalue weighted by Gasteiger charge is 2.19. The van der Waals surface area contributed by atoms with Crippen molar-refractivity contribution in [2.45, 2.75) is 31.8 Å². The van der Waals surface area contributed by atoms with Gasteiger partial charge in [0.1, 0.15) is 0 Å². The lowest BCUT2D eigenvalue weighted by atomic mass is 10.0. The number of carbonyl (C=O) groups is 1. The largest absolute Gasteiger partial charge is 0.353 e. The standard InChI is InChI=1S/C14H16N4O/c19-14(7-11-1-4-15-5-2-11)17-12-3-6-18-10-16-9-13(18)8-12/h1-2,4-5,9-10,12H,3,6-8H2,(H,17,19). The van der Waals surface area contributed by atoms with Gasteiger partial charge in [0.2, 0.25) is 5.91 Å². The number of nitrogens with zero attached hydrogens (tertiary/aromatic N) is 3. The molecule has 5 heteroatoms. The van der Waals surface area contributed by atoms with Crippen LogP contribution in [0, 0.1) is 0 Å². The van der Waals surface area contributed by atoms with Crippen molar-refractivity contribution < 1.29 is 4.79 Å². The fourth-order valence-electron chi connectivity index (χ4n) is 2.46. The maximum Gasteiger partial charge on any atom is 0.224 e. The summed E-state index contributed by atoms with van der Waals surface area (Å²) in [6.45, 7) is 0.926. The molecule has 2 aromatic heterocycles. The Morgan fingerprint density at radius 2 is 2.21 bits per heavy atom. The number of carbonyl (C=O) groups excluding carboxylic acids is 1. The predicted octanol–water partition coefficient (Wildman–Crippen LogP) is 0.952. The van der Waals surface area contributed by atoms with Crippen LogP contribution in [0.4, 0.5) is 0 Å². The van der Waals surface area contributed by atoms with Crippen molar-refractivity contribution in [3.63, 3.8) is 0 Å². The fraction of sp³-hybridized carbons (Fsp3) is 0.357. The second kappa shape index (κ2) is 5.22. The summed E-state index contributed by atoms with van der Waals surface area (Å²) in [7, 11) is 0. The van der Waals surface area contributed by atoms with Crippen LogP contribution in [0.3, 0.4) is 0 Å². The monoisotopic (exact) mass is 256 g/mol. The van der Waals surface area contributed by atoms with E-state index in [1.807, 2.05) is 24.7 Å². The highest BCUT2D eigenvalue weighted by Crippen LogP contribution is 2.14. The van der Waals surface area contributed by atoms with Gasteiger partial charge in [0.15, 0.2) is 0 Å². The minimum absolute atomic E-state index is 0.0733. The first kappa shape index (κ1) is 11.9. The molecule has 0 aliphatic carbocycles. The highest BCUT2D eigenvalue weighted by molar-refractivity contribution is 5.78. The first-order chi connectivity index (χ1) is 9.31. The molecule has 0 radical (unpaired) electrons. The lowest BCUT2D eigenvalue weighted by Gasteiger charge is -2.24. The maximum absolute atomic E-state index is 12.0. The summed E-state index contributed by atoms with van der Waals surface area (Å²) in [5.74, 6) is 0.0733. The number of rotatable bonds is 3. The summed E-state index contributed by atoms with van der Waals surface area (Å²) in [6.07, 6.45) is 9.39. The van der Waals surface area contributed by atoms with Crippen LogP contribution in [0.5, 0.6) is 0 Å². The van der Waals surface area contributed by atoms with E-state index in [0.717, 1.165) is 24.9 Å². The molecule has 98 valence electrons. The molecule has 1 aliphatic rings. The zero-order valence-corrected chi connectivity index (χ0v) is 10.6. The lowest BCUT2D eigenvalue weighted by Crippen LogP contribution is -2.40. The van der Waals surface area contributed by atoms with Crippen molar-refractivity contribution in [2.24, 2.45) is 0 Å². The number of aromatic nitrogens is 3. The molecule has 0 fully saturated rings. The summed E-state index contributed by atoms with van der Waals surface area (Å²) >= 11 is 0. The minimum Gasteiger partial charge on any atom is -0.353 e. The molecule has 1 aliphatic heterocycles. The molecule has 19 heavy (non-hydrogen) atoms. The average molecular weight is 256 g/mol. The van der Waals surface area contributed by atoms with Gasteiger partial charge < -0.3 is 9.88 Å². The van der Waals surface area contributed by atoms with E-state index >= 15 is 0 Å². The van der Waals surface area contributed by atoms with E-state index in [-0.39, 0.29) is 11.9 Å². The van der Waals surface area contributed by atoms with Crippen LogP contribution in [-0.4, -0.2) is 26.5 Å². The van der Waals surface area contributed by atoms with Gasteiger partial charge >= 0.3 is 0 Å². The smallest absolute Gasteiger partial charge is 0.224 e. The Kier molecular flexibility index (Phi) is 3.27. The molecule has 1 N–H and O–H groups in total. The van der Waals surface area contributed by atoms with E-state index in [9.17, 15) is 4.79 Å². The van der Waals surface area contributed by atoms with Gasteiger partial charge in [0, 0.05) is 43.3 Å². The second-order valence-corrected chi connectivity index (χ2v) is 4.87. The number of pyridine rings is 1. The van der Waals surface area contributed by atoms with Crippen molar-refractivity contribution in [1.82, 2.24) is 19.9 Å². The topological polar surface area (TPSA) is 59.8 Å². The summed E-state index contributed by atoms with van der Waals surface area (Å²) in [4.78, 5) is 20.1. The summed E-state index contributed by atoms with van der Waals surface area (Å²) in [6, 6.07) is 3.96. The first-order valence-electron chi connectivity index (χ1n) is 6.48. The fourth-order valence-corrected chi connectivity index (χ4v) is 2.46. The van der Waals surface area contributed by atoms with E-state index in [4.69, 9.17) is 0 Å². The Labute approximate surface area is 111 Å². The van der Waals surface area contributed by atoms with Gasteiger partial charge in [-0.3, -0.25) is 9.78 Å². The van der Waals surface area contributed by atoms with Crippen LogP contribution in [0.15, 0.2) is 37.1 Å². The Morgan fingerprint density at radius 3 is 3.05 bits per heavy atom. The van der Waals surface area contributed by atoms with Gasteiger partial charge in [-0.05, 0) is 24.1 Å². The zero-order valence-electron chi connectivity index (χ0n) is 10.6. The third kappa shape index (κ3) is 2.81. The van der Waals surface area contributed by atoms with Crippen molar-refractivity contribution >= 4 is 5.91 Å². The summed E-state index contributed by atoms with van der Waals surface area (Å²) < 4.78 is 2.14. The Hall–Kier alpha value is -2.17. The molecule has 3 rings (SSSR count). The molecule has 1 unspecified atom stereocenters. The Balaban J connectivity index is 1.56. The van der Waals surface area contributed by atoms with Gasteiger partial charge in [-0.1, -0.05) is 0 Å². The van der Waals surface area contributed by atoms with Crippen molar-refractivity contribution in [3.8, 4) is 0 Å². The molecule has 0 bridgehead atoms. The van der Waals surface area contributed by atoms with Crippen molar-refractivity contribution in [1.29, 1.82) is 0 Å². The van der Waals surface area contributed by atoms with Crippen LogP contribution in [-0.2, 0) is 24.2 Å². The number of hydrogen-bond donors (Lipinski definition) is 1. The molecule has 0 saturated heterocycles. The van der Waals surface area contributed by atoms with Crippen molar-refractivity contribution in [2.75, 3.05) is 0 Å². The van der Waals surface area contributed by atoms with Crippen LogP contribution < -0.4 is 5.32 Å². The predicted molar refractivity (Wildman–Crippen MR) is 70.4 cm³/mol. The maximum atomic E-state index is 12.0. The number of aryl methyl sites for hydroxylation is 1. The molecule has 2 aromatic rings. The number of fused-ring (bicyclic) bond motifs is 1. The molecule has 3 heterocycles. The molecular weight excluding hydrogens is 240 g/mol. The van der Waals surface area contributed by atoms with Crippen molar-refractivity contribution in [3.05, 3.63) is 48.3 Å². The van der Waals surface area contributed by atoms with E-state index in [0.29, 0.717) is 6.42 Å². The van der Waals surface area contributed by atoms with Crippen LogP contribution in [0.25, 0.3) is 0 Å². The Morgan fingerprint density at radius 1 is 1.37 bits per heavy atom. The third-order valence-electron chi connectivity index (χ3n) is 3.45. The summed E-state index contributed by atoms with van der Waals surface area (Å²) in [5, 5.41) is 3.10. The number of imidazole rings is 1. The molecule has 5 nitrogen and oxygen atoms in total. The number of hydrogen-bond acceptors (Lipinski definition) is 3. The van der Waals surface area contributed by atoms with E-state index < -0.39 is 0 Å². The third-order valence-corrected chi connectivity index (χ3v) is 3.45. The van der Waals surface area contributed by atoms with Gasteiger partial charge in [-0.15, -0.1) is 0 Å². The number of amides is 1. The van der Waals surface area contributed by atoms with Crippen LogP contribution in [0.2, 0.25) is 0 Å². The molecule has 0 aromatic carbocycles. The molecule has 1 amide bonds. The van der Waals surface area contributed by atoms with Crippen LogP contribution in [0.1, 0.15) is 17.7 Å². The first-order valence-corrected chi connectivity index (χ1v) is 6.48. The van der Waals surface area contributed by atoms with Crippen LogP contribution >= 0.6 is 0 Å². The highest BCUT2D eigenvalue weighted by atomic mass is 16.1. The average Bonchev–Trinajstić information content (AvgIpc) is 2.87. The summed E-state index contributed by atoms with van der Waals surface area (Å²) in [5.41, 5.74) is 2.19. The van der Waals surface area contributed by atoms with Gasteiger partial charge in [-0.25, -0.2) is 4.98 Å². The van der Waals surface area contributed by atoms with E-state index in [1.54, 1.807) is 12.4 Å². The number of nitrogens with one attached hydrogen (secondary N) is 1. The van der Waals surface area contributed by atoms with Gasteiger partial charge in [-0.2, -0.15) is 0 Å². The normalized spacial score (nSPS) is 17.8. The quantitative estimate of drug-likeness (QED) is 0.889. The minimum atomic E-state index is 0.0733. The van der Waals surface area contributed by atoms with Gasteiger partial charge in [0.25, 0.3) is 0 Å². The lowest BCUT2D eigenvalue weighted by molar-refractivity contribution is -0.121. The van der Waals surface area contributed by atoms with E-state index in [2.05, 4.69) is 19.9 Å². The molecular formula is C14H16N4O.